The predicted octanol–water partition coefficient (Wildman–Crippen LogP) is 7.92. The Bertz CT molecular complexity index is 1480. The van der Waals surface area contributed by atoms with E-state index in [4.69, 9.17) is 9.15 Å². The van der Waals surface area contributed by atoms with Crippen LogP contribution in [0.5, 0.6) is 0 Å². The summed E-state index contributed by atoms with van der Waals surface area (Å²) in [4.78, 5) is 25.1. The number of aryl methyl sites for hydroxylation is 2. The molecular weight excluding hydrogens is 546 g/mol. The van der Waals surface area contributed by atoms with Crippen LogP contribution >= 0.6 is 11.8 Å². The first-order valence-electron chi connectivity index (χ1n) is 14.4. The number of hydrogen-bond acceptors (Lipinski definition) is 5. The van der Waals surface area contributed by atoms with Gasteiger partial charge in [0.2, 0.25) is 0 Å². The monoisotopic (exact) mass is 585 g/mol. The zero-order chi connectivity index (χ0) is 29.9. The van der Waals surface area contributed by atoms with Gasteiger partial charge < -0.3 is 19.6 Å². The van der Waals surface area contributed by atoms with Crippen LogP contribution in [0.3, 0.4) is 0 Å². The maximum absolute atomic E-state index is 13.4. The molecule has 0 aliphatic rings. The Labute approximate surface area is 252 Å². The summed E-state index contributed by atoms with van der Waals surface area (Å²) in [6.45, 7) is 4.85. The van der Waals surface area contributed by atoms with E-state index in [0.717, 1.165) is 64.2 Å². The van der Waals surface area contributed by atoms with Gasteiger partial charge in [-0.2, -0.15) is 11.8 Å². The van der Waals surface area contributed by atoms with Gasteiger partial charge in [0.1, 0.15) is 24.2 Å². The van der Waals surface area contributed by atoms with Gasteiger partial charge in [0.15, 0.2) is 0 Å². The first-order chi connectivity index (χ1) is 20.4. The van der Waals surface area contributed by atoms with E-state index < -0.39 is 17.9 Å². The van der Waals surface area contributed by atoms with Gasteiger partial charge in [-0.05, 0) is 84.2 Å². The largest absolute Gasteiger partial charge is 0.480 e. The Kier molecular flexibility index (Phi) is 11.4. The maximum atomic E-state index is 13.4. The molecule has 0 radical (unpaired) electrons. The number of furan rings is 1. The smallest absolute Gasteiger partial charge is 0.326 e. The van der Waals surface area contributed by atoms with Crippen molar-refractivity contribution in [1.29, 1.82) is 0 Å². The molecule has 0 fully saturated rings. The van der Waals surface area contributed by atoms with Gasteiger partial charge in [-0.3, -0.25) is 4.79 Å². The zero-order valence-corrected chi connectivity index (χ0v) is 25.3. The Morgan fingerprint density at radius 1 is 0.976 bits per heavy atom. The Morgan fingerprint density at radius 3 is 2.45 bits per heavy atom. The molecule has 7 heteroatoms. The second-order valence-corrected chi connectivity index (χ2v) is 11.3. The number of carboxylic acid groups (broad SMARTS) is 1. The molecule has 0 spiro atoms. The number of hydrogen-bond donors (Lipinski definition) is 2. The zero-order valence-electron chi connectivity index (χ0n) is 24.5. The second kappa shape index (κ2) is 15.4. The molecule has 1 aromatic heterocycles. The maximum Gasteiger partial charge on any atom is 0.326 e. The van der Waals surface area contributed by atoms with Crippen molar-refractivity contribution >= 4 is 23.6 Å². The average Bonchev–Trinajstić information content (AvgIpc) is 3.41. The minimum absolute atomic E-state index is 0.334. The summed E-state index contributed by atoms with van der Waals surface area (Å²) in [6, 6.07) is 24.7. The fraction of sp³-hybridized carbons (Fsp3) is 0.314. The average molecular weight is 586 g/mol. The van der Waals surface area contributed by atoms with E-state index in [-0.39, 0.29) is 0 Å². The van der Waals surface area contributed by atoms with Crippen LogP contribution in [0.15, 0.2) is 83.3 Å². The molecule has 0 aliphatic carbocycles. The molecule has 42 heavy (non-hydrogen) atoms. The number of ether oxygens (including phenoxy) is 1. The molecule has 220 valence electrons. The van der Waals surface area contributed by atoms with Crippen molar-refractivity contribution in [1.82, 2.24) is 5.32 Å². The van der Waals surface area contributed by atoms with Crippen LogP contribution in [-0.4, -0.2) is 35.0 Å². The first kappa shape index (κ1) is 31.1. The summed E-state index contributed by atoms with van der Waals surface area (Å²) in [5, 5.41) is 12.4. The molecule has 4 aromatic rings. The van der Waals surface area contributed by atoms with Gasteiger partial charge >= 0.3 is 5.97 Å². The lowest BCUT2D eigenvalue weighted by Crippen LogP contribution is -2.41. The lowest BCUT2D eigenvalue weighted by molar-refractivity contribution is -0.139. The molecule has 4 rings (SSSR count). The summed E-state index contributed by atoms with van der Waals surface area (Å²) >= 11 is 1.55. The van der Waals surface area contributed by atoms with E-state index in [1.165, 1.54) is 0 Å². The summed E-state index contributed by atoms with van der Waals surface area (Å²) in [5.41, 5.74) is 6.23. The van der Waals surface area contributed by atoms with E-state index >= 15 is 0 Å². The number of unbranched alkanes of at least 4 members (excludes halogenated alkanes) is 1. The number of rotatable bonds is 15. The van der Waals surface area contributed by atoms with Crippen molar-refractivity contribution < 1.29 is 23.8 Å². The van der Waals surface area contributed by atoms with E-state index in [1.54, 1.807) is 17.8 Å². The number of nitrogens with one attached hydrogen (secondary N) is 1. The fourth-order valence-corrected chi connectivity index (χ4v) is 5.35. The highest BCUT2D eigenvalue weighted by Crippen LogP contribution is 2.30. The molecule has 2 N–H and O–H groups in total. The van der Waals surface area contributed by atoms with Crippen LogP contribution in [-0.2, 0) is 29.2 Å². The van der Waals surface area contributed by atoms with Crippen LogP contribution in [0.4, 0.5) is 0 Å². The van der Waals surface area contributed by atoms with Crippen LogP contribution in [0.1, 0.15) is 59.0 Å². The molecule has 1 heterocycles. The van der Waals surface area contributed by atoms with Gasteiger partial charge in [0.05, 0.1) is 6.61 Å². The van der Waals surface area contributed by atoms with E-state index in [9.17, 15) is 14.7 Å². The summed E-state index contributed by atoms with van der Waals surface area (Å²) < 4.78 is 12.4. The molecular formula is C35H39NO5S. The van der Waals surface area contributed by atoms with E-state index in [0.29, 0.717) is 31.0 Å². The van der Waals surface area contributed by atoms with Crippen molar-refractivity contribution in [2.45, 2.75) is 58.8 Å². The standard InChI is InChI=1S/C35H39NO5S/c1-4-5-12-27-21-32(26-13-7-6-8-14-26)41-33(27)23-40-22-25-16-17-29(30(20-25)28-15-10-9-11-24(28)2)34(37)36-31(35(38)39)18-19-42-3/h6-11,13-17,20-21,31H,4-5,12,18-19,22-23H2,1-3H3,(H,36,37)(H,38,39). The van der Waals surface area contributed by atoms with E-state index in [2.05, 4.69) is 18.3 Å². The number of carbonyl (C=O) groups is 2. The van der Waals surface area contributed by atoms with Gasteiger partial charge in [-0.15, -0.1) is 0 Å². The fourth-order valence-electron chi connectivity index (χ4n) is 4.88. The molecule has 0 bridgehead atoms. The van der Waals surface area contributed by atoms with Crippen molar-refractivity contribution in [2.24, 2.45) is 0 Å². The highest BCUT2D eigenvalue weighted by Gasteiger charge is 2.23. The lowest BCUT2D eigenvalue weighted by Gasteiger charge is -2.17. The van der Waals surface area contributed by atoms with E-state index in [1.807, 2.05) is 79.9 Å². The SMILES string of the molecule is CCCCc1cc(-c2ccccc2)oc1COCc1ccc(C(=O)NC(CCSC)C(=O)O)c(-c2ccccc2C)c1. The van der Waals surface area contributed by atoms with Crippen LogP contribution in [0.25, 0.3) is 22.5 Å². The van der Waals surface area contributed by atoms with Crippen LogP contribution in [0, 0.1) is 6.92 Å². The molecule has 0 aliphatic heterocycles. The Hall–Kier alpha value is -3.81. The highest BCUT2D eigenvalue weighted by atomic mass is 32.2. The number of thioether (sulfide) groups is 1. The first-order valence-corrected chi connectivity index (χ1v) is 15.8. The summed E-state index contributed by atoms with van der Waals surface area (Å²) in [6.07, 6.45) is 5.37. The van der Waals surface area contributed by atoms with Crippen molar-refractivity contribution in [3.05, 3.63) is 107 Å². The van der Waals surface area contributed by atoms with Gasteiger partial charge in [-0.1, -0.05) is 74.0 Å². The highest BCUT2D eigenvalue weighted by molar-refractivity contribution is 7.98. The number of benzene rings is 3. The topological polar surface area (TPSA) is 88.8 Å². The van der Waals surface area contributed by atoms with Crippen LogP contribution in [0.2, 0.25) is 0 Å². The van der Waals surface area contributed by atoms with Gasteiger partial charge in [0.25, 0.3) is 5.91 Å². The molecule has 1 amide bonds. The third-order valence-electron chi connectivity index (χ3n) is 7.23. The Morgan fingerprint density at radius 2 is 1.74 bits per heavy atom. The third kappa shape index (κ3) is 8.14. The van der Waals surface area contributed by atoms with Gasteiger partial charge in [0, 0.05) is 11.1 Å². The minimum atomic E-state index is -1.04. The van der Waals surface area contributed by atoms with Crippen LogP contribution < -0.4 is 5.32 Å². The normalized spacial score (nSPS) is 11.8. The second-order valence-electron chi connectivity index (χ2n) is 10.4. The third-order valence-corrected chi connectivity index (χ3v) is 7.88. The quantitative estimate of drug-likeness (QED) is 0.147. The molecule has 0 saturated carbocycles. The molecule has 1 atom stereocenters. The number of carbonyl (C=O) groups excluding carboxylic acids is 1. The van der Waals surface area contributed by atoms with Crippen molar-refractivity contribution in [3.63, 3.8) is 0 Å². The number of aliphatic carboxylic acids is 1. The van der Waals surface area contributed by atoms with Crippen molar-refractivity contribution in [3.8, 4) is 22.5 Å². The minimum Gasteiger partial charge on any atom is -0.480 e. The Balaban J connectivity index is 1.55. The molecule has 3 aromatic carbocycles. The molecule has 1 unspecified atom stereocenters. The lowest BCUT2D eigenvalue weighted by atomic mass is 9.93. The summed E-state index contributed by atoms with van der Waals surface area (Å²) in [7, 11) is 0. The number of amides is 1. The predicted molar refractivity (Wildman–Crippen MR) is 170 cm³/mol. The van der Waals surface area contributed by atoms with Crippen molar-refractivity contribution in [2.75, 3.05) is 12.0 Å². The molecule has 6 nitrogen and oxygen atoms in total. The number of carboxylic acids is 1. The summed E-state index contributed by atoms with van der Waals surface area (Å²) in [5.74, 6) is 0.878. The molecule has 0 saturated heterocycles. The van der Waals surface area contributed by atoms with Gasteiger partial charge in [-0.25, -0.2) is 4.79 Å².